The van der Waals surface area contributed by atoms with Gasteiger partial charge in [0.05, 0.1) is 12.8 Å². The van der Waals surface area contributed by atoms with Gasteiger partial charge in [0.15, 0.2) is 0 Å². The first-order chi connectivity index (χ1) is 7.61. The van der Waals surface area contributed by atoms with Gasteiger partial charge in [-0.05, 0) is 6.07 Å². The number of carbonyl (C=O) groups excluding carboxylic acids is 1. The van der Waals surface area contributed by atoms with Gasteiger partial charge in [0.25, 0.3) is 5.91 Å². The van der Waals surface area contributed by atoms with Crippen molar-refractivity contribution in [3.8, 4) is 0 Å². The van der Waals surface area contributed by atoms with Gasteiger partial charge >= 0.3 is 51.4 Å². The van der Waals surface area contributed by atoms with Crippen LogP contribution in [0.25, 0.3) is 10.9 Å². The molecule has 2 rings (SSSR count). The minimum Gasteiger partial charge on any atom is -0.403 e. The molecule has 0 atom stereocenters. The quantitative estimate of drug-likeness (QED) is 0.422. The van der Waals surface area contributed by atoms with Crippen LogP contribution in [0.5, 0.6) is 0 Å². The summed E-state index contributed by atoms with van der Waals surface area (Å²) in [6.07, 6.45) is 0. The molecular weight excluding hydrogens is 243 g/mol. The third-order valence-electron chi connectivity index (χ3n) is 2.49. The molecule has 0 spiro atoms. The van der Waals surface area contributed by atoms with Gasteiger partial charge in [-0.25, -0.2) is 5.06 Å². The molecule has 0 aliphatic carbocycles. The molecule has 0 fully saturated rings. The van der Waals surface area contributed by atoms with Gasteiger partial charge in [0, 0.05) is 7.05 Å². The largest absolute Gasteiger partial charge is 1.00 e. The smallest absolute Gasteiger partial charge is 0.403 e. The van der Waals surface area contributed by atoms with E-state index in [0.29, 0.717) is 5.69 Å². The summed E-state index contributed by atoms with van der Waals surface area (Å²) in [5.41, 5.74) is 2.46. The van der Waals surface area contributed by atoms with Crippen molar-refractivity contribution >= 4 is 16.8 Å². The van der Waals surface area contributed by atoms with Gasteiger partial charge in [-0.3, -0.25) is 9.63 Å². The Balaban J connectivity index is 0.00000144. The number of fused-ring (bicyclic) bond motifs is 1. The molecule has 2 aromatic rings. The van der Waals surface area contributed by atoms with E-state index in [9.17, 15) is 4.79 Å². The number of aromatic nitrogens is 1. The molecular formula is C12H13KN2O2. The van der Waals surface area contributed by atoms with Crippen molar-refractivity contribution < 1.29 is 61.0 Å². The molecule has 4 nitrogen and oxygen atoms in total. The second kappa shape index (κ2) is 6.13. The number of aryl methyl sites for hydroxylation is 1. The van der Waals surface area contributed by atoms with Crippen LogP contribution in [0.15, 0.2) is 18.2 Å². The molecule has 1 heterocycles. The minimum absolute atomic E-state index is 0. The summed E-state index contributed by atoms with van der Waals surface area (Å²) in [6.45, 7) is 1.97. The predicted molar refractivity (Wildman–Crippen MR) is 61.0 cm³/mol. The summed E-state index contributed by atoms with van der Waals surface area (Å²) in [5, 5.41) is 2.19. The Morgan fingerprint density at radius 1 is 1.47 bits per heavy atom. The molecule has 0 saturated carbocycles. The van der Waals surface area contributed by atoms with Gasteiger partial charge in [-0.2, -0.15) is 23.8 Å². The number of nitrogens with one attached hydrogen (secondary N) is 1. The third-order valence-corrected chi connectivity index (χ3v) is 2.49. The summed E-state index contributed by atoms with van der Waals surface area (Å²) in [6, 6.07) is 8.72. The second-order valence-corrected chi connectivity index (χ2v) is 3.65. The van der Waals surface area contributed by atoms with Crippen molar-refractivity contribution in [1.82, 2.24) is 10.0 Å². The molecule has 0 bridgehead atoms. The van der Waals surface area contributed by atoms with E-state index in [1.54, 1.807) is 7.05 Å². The van der Waals surface area contributed by atoms with Crippen molar-refractivity contribution in [2.24, 2.45) is 0 Å². The zero-order valence-electron chi connectivity index (χ0n) is 10.5. The van der Waals surface area contributed by atoms with E-state index in [0.717, 1.165) is 16.5 Å². The van der Waals surface area contributed by atoms with E-state index in [-0.39, 0.29) is 57.3 Å². The van der Waals surface area contributed by atoms with E-state index < -0.39 is 0 Å². The topological polar surface area (TPSA) is 45.3 Å². The Hall–Kier alpha value is -0.174. The van der Waals surface area contributed by atoms with Crippen LogP contribution in [0.2, 0.25) is 0 Å². The van der Waals surface area contributed by atoms with Crippen LogP contribution in [0.3, 0.4) is 0 Å². The summed E-state index contributed by atoms with van der Waals surface area (Å²) in [5.74, 6) is -0.198. The molecule has 1 amide bonds. The van der Waals surface area contributed by atoms with Crippen molar-refractivity contribution in [2.45, 2.75) is 6.92 Å². The van der Waals surface area contributed by atoms with Crippen LogP contribution >= 0.6 is 0 Å². The number of aromatic amines is 1. The molecule has 0 aliphatic heterocycles. The average molecular weight is 256 g/mol. The van der Waals surface area contributed by atoms with Crippen LogP contribution in [0.1, 0.15) is 16.1 Å². The Morgan fingerprint density at radius 2 is 2.18 bits per heavy atom. The van der Waals surface area contributed by atoms with Gasteiger partial charge in [-0.15, -0.1) is 5.39 Å². The van der Waals surface area contributed by atoms with Gasteiger partial charge in [0.2, 0.25) is 0 Å². The van der Waals surface area contributed by atoms with Crippen molar-refractivity contribution in [3.63, 3.8) is 0 Å². The van der Waals surface area contributed by atoms with Crippen LogP contribution < -0.4 is 51.4 Å². The molecule has 5 heteroatoms. The number of amides is 1. The fraction of sp³-hybridized carbons (Fsp3) is 0.250. The van der Waals surface area contributed by atoms with E-state index in [1.807, 2.05) is 25.1 Å². The number of rotatable bonds is 2. The molecule has 1 aromatic carbocycles. The fourth-order valence-corrected chi connectivity index (χ4v) is 1.55. The Kier molecular flexibility index (Phi) is 5.37. The van der Waals surface area contributed by atoms with Crippen molar-refractivity contribution in [2.75, 3.05) is 14.2 Å². The number of nitrogens with zero attached hydrogens (tertiary/aromatic N) is 1. The molecule has 0 aliphatic rings. The standard InChI is InChI=1S/C12H13N2O2.K/c1-8-4-5-10-9(6-8)7-11(13-10)12(15)14(2)16-3;/h5-7,13H,1-3H3;/q-1;+1. The van der Waals surface area contributed by atoms with Gasteiger partial charge in [0.1, 0.15) is 0 Å². The van der Waals surface area contributed by atoms with Crippen molar-refractivity contribution in [3.05, 3.63) is 35.5 Å². The van der Waals surface area contributed by atoms with Crippen molar-refractivity contribution in [1.29, 1.82) is 0 Å². The first-order valence-corrected chi connectivity index (χ1v) is 4.95. The minimum atomic E-state index is -0.198. The summed E-state index contributed by atoms with van der Waals surface area (Å²) < 4.78 is 0. The summed E-state index contributed by atoms with van der Waals surface area (Å²) in [7, 11) is 3.03. The Bertz CT molecular complexity index is 536. The number of benzene rings is 1. The summed E-state index contributed by atoms with van der Waals surface area (Å²) in [4.78, 5) is 19.7. The normalized spacial score (nSPS) is 10.1. The van der Waals surface area contributed by atoms with Crippen LogP contribution in [0.4, 0.5) is 0 Å². The molecule has 0 unspecified atom stereocenters. The molecule has 17 heavy (non-hydrogen) atoms. The Morgan fingerprint density at radius 3 is 2.82 bits per heavy atom. The molecule has 84 valence electrons. The van der Waals surface area contributed by atoms with Crippen LogP contribution in [-0.2, 0) is 4.84 Å². The predicted octanol–water partition coefficient (Wildman–Crippen LogP) is -1.09. The molecule has 0 saturated heterocycles. The van der Waals surface area contributed by atoms with Gasteiger partial charge in [-0.1, -0.05) is 12.4 Å². The maximum atomic E-state index is 11.8. The first kappa shape index (κ1) is 14.9. The maximum absolute atomic E-state index is 11.8. The Labute approximate surface area is 143 Å². The zero-order valence-corrected chi connectivity index (χ0v) is 13.6. The molecule has 0 radical (unpaired) electrons. The maximum Gasteiger partial charge on any atom is 1.00 e. The zero-order chi connectivity index (χ0) is 11.7. The van der Waals surface area contributed by atoms with E-state index >= 15 is 0 Å². The van der Waals surface area contributed by atoms with E-state index in [2.05, 4.69) is 11.1 Å². The second-order valence-electron chi connectivity index (χ2n) is 3.65. The molecule has 1 aromatic heterocycles. The fourth-order valence-electron chi connectivity index (χ4n) is 1.55. The van der Waals surface area contributed by atoms with E-state index in [1.165, 1.54) is 12.2 Å². The first-order valence-electron chi connectivity index (χ1n) is 4.95. The number of carbonyl (C=O) groups is 1. The number of hydrogen-bond acceptors (Lipinski definition) is 2. The van der Waals surface area contributed by atoms with Crippen LogP contribution in [-0.4, -0.2) is 30.1 Å². The number of hydrogen-bond donors (Lipinski definition) is 1. The van der Waals surface area contributed by atoms with Gasteiger partial charge < -0.3 is 4.98 Å². The number of H-pyrrole nitrogens is 1. The number of hydroxylamine groups is 2. The SMILES string of the molecule is CON(C)C(=O)c1cc2cc(C)[c-]cc2[nH]1.[K+]. The molecule has 1 N–H and O–H groups in total. The van der Waals surface area contributed by atoms with Crippen LogP contribution in [0, 0.1) is 13.0 Å². The monoisotopic (exact) mass is 256 g/mol. The average Bonchev–Trinajstić information content (AvgIpc) is 2.69. The summed E-state index contributed by atoms with van der Waals surface area (Å²) >= 11 is 0. The van der Waals surface area contributed by atoms with E-state index in [4.69, 9.17) is 4.84 Å². The third kappa shape index (κ3) is 3.18.